The van der Waals surface area contributed by atoms with Crippen molar-refractivity contribution in [1.82, 2.24) is 10.3 Å². The van der Waals surface area contributed by atoms with Gasteiger partial charge in [-0.1, -0.05) is 22.0 Å². The number of hydrogen-bond acceptors (Lipinski definition) is 2. The number of halogens is 5. The lowest BCUT2D eigenvalue weighted by atomic mass is 9.95. The number of hydrogen-bond donors (Lipinski definition) is 1. The van der Waals surface area contributed by atoms with Crippen LogP contribution < -0.4 is 5.32 Å². The van der Waals surface area contributed by atoms with Gasteiger partial charge in [0.15, 0.2) is 0 Å². The summed E-state index contributed by atoms with van der Waals surface area (Å²) < 4.78 is 53.8. The van der Waals surface area contributed by atoms with Crippen LogP contribution in [0.3, 0.4) is 0 Å². The highest BCUT2D eigenvalue weighted by Gasteiger charge is 2.35. The zero-order valence-corrected chi connectivity index (χ0v) is 12.5. The first kappa shape index (κ1) is 15.9. The van der Waals surface area contributed by atoms with Crippen LogP contribution in [0.4, 0.5) is 17.6 Å². The molecule has 0 spiro atoms. The summed E-state index contributed by atoms with van der Waals surface area (Å²) in [6.07, 6.45) is -2.36. The average Bonchev–Trinajstić information content (AvgIpc) is 2.41. The molecule has 1 atom stereocenters. The predicted octanol–water partition coefficient (Wildman–Crippen LogP) is 4.31. The Morgan fingerprint density at radius 2 is 1.90 bits per heavy atom. The molecule has 0 aliphatic carbocycles. The molecule has 0 saturated heterocycles. The van der Waals surface area contributed by atoms with Crippen molar-refractivity contribution in [3.8, 4) is 0 Å². The number of aromatic nitrogens is 1. The van der Waals surface area contributed by atoms with Crippen LogP contribution in [-0.4, -0.2) is 12.0 Å². The summed E-state index contributed by atoms with van der Waals surface area (Å²) in [5, 5.41) is 2.71. The lowest BCUT2D eigenvalue weighted by molar-refractivity contribution is -0.138. The molecule has 0 aliphatic rings. The molecule has 0 fully saturated rings. The van der Waals surface area contributed by atoms with Gasteiger partial charge in [0.25, 0.3) is 0 Å². The standard InChI is InChI=1S/C14H11BrF4N2/c1-20-13(9-3-2-8(15)6-12(9)16)10-7-21-5-4-11(10)14(17,18)19/h2-7,13,20H,1H3. The fraction of sp³-hybridized carbons (Fsp3) is 0.214. The molecule has 2 rings (SSSR count). The van der Waals surface area contributed by atoms with Gasteiger partial charge in [-0.25, -0.2) is 4.39 Å². The van der Waals surface area contributed by atoms with E-state index >= 15 is 0 Å². The molecule has 2 aromatic rings. The zero-order chi connectivity index (χ0) is 15.6. The van der Waals surface area contributed by atoms with Crippen molar-refractivity contribution >= 4 is 15.9 Å². The fourth-order valence-electron chi connectivity index (χ4n) is 2.11. The molecular formula is C14H11BrF4N2. The molecule has 2 nitrogen and oxygen atoms in total. The minimum atomic E-state index is -4.53. The van der Waals surface area contributed by atoms with E-state index in [0.29, 0.717) is 4.47 Å². The van der Waals surface area contributed by atoms with Gasteiger partial charge in [0.1, 0.15) is 5.82 Å². The van der Waals surface area contributed by atoms with Gasteiger partial charge < -0.3 is 5.32 Å². The lowest BCUT2D eigenvalue weighted by Crippen LogP contribution is -2.23. The van der Waals surface area contributed by atoms with Crippen LogP contribution in [-0.2, 0) is 6.18 Å². The van der Waals surface area contributed by atoms with Gasteiger partial charge in [0, 0.05) is 28.0 Å². The number of rotatable bonds is 3. The van der Waals surface area contributed by atoms with Crippen LogP contribution in [0.15, 0.2) is 41.1 Å². The molecule has 1 heterocycles. The third-order valence-electron chi connectivity index (χ3n) is 3.03. The van der Waals surface area contributed by atoms with E-state index in [2.05, 4.69) is 26.2 Å². The van der Waals surface area contributed by atoms with E-state index < -0.39 is 23.6 Å². The number of nitrogens with zero attached hydrogens (tertiary/aromatic N) is 1. The maximum absolute atomic E-state index is 14.0. The Morgan fingerprint density at radius 1 is 1.19 bits per heavy atom. The van der Waals surface area contributed by atoms with Crippen molar-refractivity contribution in [2.75, 3.05) is 7.05 Å². The molecular weight excluding hydrogens is 352 g/mol. The smallest absolute Gasteiger partial charge is 0.309 e. The Morgan fingerprint density at radius 3 is 2.48 bits per heavy atom. The summed E-state index contributed by atoms with van der Waals surface area (Å²) in [5.41, 5.74) is -0.827. The molecule has 0 aliphatic heterocycles. The lowest BCUT2D eigenvalue weighted by Gasteiger charge is -2.21. The maximum atomic E-state index is 14.0. The van der Waals surface area contributed by atoms with Crippen molar-refractivity contribution in [2.24, 2.45) is 0 Å². The minimum absolute atomic E-state index is 0.117. The largest absolute Gasteiger partial charge is 0.416 e. The topological polar surface area (TPSA) is 24.9 Å². The first-order valence-corrected chi connectivity index (χ1v) is 6.77. The molecule has 0 saturated carbocycles. The summed E-state index contributed by atoms with van der Waals surface area (Å²) in [6.45, 7) is 0. The Hall–Kier alpha value is -1.47. The molecule has 0 bridgehead atoms. The van der Waals surface area contributed by atoms with Crippen LogP contribution >= 0.6 is 15.9 Å². The minimum Gasteiger partial charge on any atom is -0.309 e. The second-order valence-electron chi connectivity index (χ2n) is 4.35. The van der Waals surface area contributed by atoms with Crippen LogP contribution in [0.5, 0.6) is 0 Å². The van der Waals surface area contributed by atoms with E-state index in [9.17, 15) is 17.6 Å². The molecule has 1 N–H and O–H groups in total. The second-order valence-corrected chi connectivity index (χ2v) is 5.26. The summed E-state index contributed by atoms with van der Waals surface area (Å²) in [5.74, 6) is -0.597. The van der Waals surface area contributed by atoms with Crippen LogP contribution in [0.2, 0.25) is 0 Å². The van der Waals surface area contributed by atoms with E-state index in [-0.39, 0.29) is 11.1 Å². The molecule has 0 radical (unpaired) electrons. The molecule has 1 aromatic heterocycles. The van der Waals surface area contributed by atoms with Gasteiger partial charge in [-0.15, -0.1) is 0 Å². The highest BCUT2D eigenvalue weighted by atomic mass is 79.9. The third-order valence-corrected chi connectivity index (χ3v) is 3.52. The van der Waals surface area contributed by atoms with Crippen LogP contribution in [0.1, 0.15) is 22.7 Å². The van der Waals surface area contributed by atoms with E-state index in [0.717, 1.165) is 18.5 Å². The van der Waals surface area contributed by atoms with Crippen molar-refractivity contribution in [3.05, 3.63) is 63.6 Å². The molecule has 1 aromatic carbocycles. The Balaban J connectivity index is 2.57. The zero-order valence-electron chi connectivity index (χ0n) is 10.9. The number of benzene rings is 1. The van der Waals surface area contributed by atoms with Gasteiger partial charge in [0.2, 0.25) is 0 Å². The fourth-order valence-corrected chi connectivity index (χ4v) is 2.44. The summed E-state index contributed by atoms with van der Waals surface area (Å²) in [7, 11) is 1.47. The Labute approximate surface area is 127 Å². The SMILES string of the molecule is CNC(c1ccc(Br)cc1F)c1cnccc1C(F)(F)F. The quantitative estimate of drug-likeness (QED) is 0.823. The first-order chi connectivity index (χ1) is 9.84. The van der Waals surface area contributed by atoms with E-state index in [4.69, 9.17) is 0 Å². The molecule has 21 heavy (non-hydrogen) atoms. The van der Waals surface area contributed by atoms with Crippen LogP contribution in [0, 0.1) is 5.82 Å². The summed E-state index contributed by atoms with van der Waals surface area (Å²) in [6, 6.07) is 4.17. The van der Waals surface area contributed by atoms with Crippen molar-refractivity contribution in [1.29, 1.82) is 0 Å². The van der Waals surface area contributed by atoms with Gasteiger partial charge in [-0.3, -0.25) is 4.98 Å². The number of nitrogens with one attached hydrogen (secondary N) is 1. The second kappa shape index (κ2) is 6.11. The summed E-state index contributed by atoms with van der Waals surface area (Å²) >= 11 is 3.12. The Kier molecular flexibility index (Phi) is 4.63. The van der Waals surface area contributed by atoms with Crippen LogP contribution in [0.25, 0.3) is 0 Å². The van der Waals surface area contributed by atoms with E-state index in [1.54, 1.807) is 6.07 Å². The van der Waals surface area contributed by atoms with Gasteiger partial charge in [-0.2, -0.15) is 13.2 Å². The van der Waals surface area contributed by atoms with E-state index in [1.165, 1.54) is 19.2 Å². The average molecular weight is 363 g/mol. The predicted molar refractivity (Wildman–Crippen MR) is 74.2 cm³/mol. The number of alkyl halides is 3. The summed E-state index contributed by atoms with van der Waals surface area (Å²) in [4.78, 5) is 3.73. The third kappa shape index (κ3) is 3.41. The van der Waals surface area contributed by atoms with Gasteiger partial charge in [-0.05, 0) is 25.2 Å². The maximum Gasteiger partial charge on any atom is 0.416 e. The first-order valence-electron chi connectivity index (χ1n) is 5.98. The highest BCUT2D eigenvalue weighted by Crippen LogP contribution is 2.36. The molecule has 112 valence electrons. The van der Waals surface area contributed by atoms with E-state index in [1.807, 2.05) is 0 Å². The monoisotopic (exact) mass is 362 g/mol. The van der Waals surface area contributed by atoms with Gasteiger partial charge >= 0.3 is 6.18 Å². The van der Waals surface area contributed by atoms with Crippen molar-refractivity contribution < 1.29 is 17.6 Å². The normalized spacial score (nSPS) is 13.2. The number of pyridine rings is 1. The van der Waals surface area contributed by atoms with Crippen molar-refractivity contribution in [3.63, 3.8) is 0 Å². The Bertz CT molecular complexity index is 643. The van der Waals surface area contributed by atoms with Crippen molar-refractivity contribution in [2.45, 2.75) is 12.2 Å². The highest BCUT2D eigenvalue weighted by molar-refractivity contribution is 9.10. The molecule has 7 heteroatoms. The molecule has 0 amide bonds. The van der Waals surface area contributed by atoms with Gasteiger partial charge in [0.05, 0.1) is 11.6 Å². The molecule has 1 unspecified atom stereocenters.